The van der Waals surface area contributed by atoms with Crippen LogP contribution in [-0.2, 0) is 14.3 Å². The third kappa shape index (κ3) is 3.96. The van der Waals surface area contributed by atoms with Crippen molar-refractivity contribution in [1.29, 1.82) is 0 Å². The van der Waals surface area contributed by atoms with E-state index >= 15 is 0 Å². The second-order valence-corrected chi connectivity index (χ2v) is 9.47. The maximum Gasteiger partial charge on any atom is 0.407 e. The highest BCUT2D eigenvalue weighted by molar-refractivity contribution is 5.85. The Labute approximate surface area is 192 Å². The maximum atomic E-state index is 12.6. The molecule has 0 spiro atoms. The van der Waals surface area contributed by atoms with Crippen molar-refractivity contribution in [3.05, 3.63) is 59.7 Å². The zero-order valence-electron chi connectivity index (χ0n) is 18.5. The molecule has 0 heterocycles. The van der Waals surface area contributed by atoms with E-state index in [0.717, 1.165) is 28.7 Å². The molecule has 7 nitrogen and oxygen atoms in total. The summed E-state index contributed by atoms with van der Waals surface area (Å²) >= 11 is 0. The zero-order valence-corrected chi connectivity index (χ0v) is 18.5. The van der Waals surface area contributed by atoms with Gasteiger partial charge in [-0.1, -0.05) is 48.5 Å². The number of rotatable bonds is 6. The Morgan fingerprint density at radius 3 is 2.27 bits per heavy atom. The number of carboxylic acids is 1. The van der Waals surface area contributed by atoms with Gasteiger partial charge in [-0.25, -0.2) is 4.79 Å². The highest BCUT2D eigenvalue weighted by Gasteiger charge is 2.50. The number of carbonyl (C=O) groups is 3. The summed E-state index contributed by atoms with van der Waals surface area (Å²) in [6.45, 7) is 1.82. The van der Waals surface area contributed by atoms with Gasteiger partial charge >= 0.3 is 12.1 Å². The molecule has 2 aromatic carbocycles. The quantitative estimate of drug-likeness (QED) is 0.627. The fraction of sp³-hybridized carbons (Fsp3) is 0.423. The van der Waals surface area contributed by atoms with E-state index in [9.17, 15) is 19.5 Å². The van der Waals surface area contributed by atoms with E-state index in [-0.39, 0.29) is 36.3 Å². The molecule has 2 fully saturated rings. The van der Waals surface area contributed by atoms with Gasteiger partial charge < -0.3 is 20.5 Å². The number of carbonyl (C=O) groups excluding carboxylic acids is 2. The van der Waals surface area contributed by atoms with E-state index in [1.807, 2.05) is 24.3 Å². The van der Waals surface area contributed by atoms with Crippen LogP contribution in [0.4, 0.5) is 4.79 Å². The highest BCUT2D eigenvalue weighted by Crippen LogP contribution is 2.49. The molecular weight excluding hydrogens is 420 g/mol. The fourth-order valence-electron chi connectivity index (χ4n) is 5.78. The molecule has 5 atom stereocenters. The van der Waals surface area contributed by atoms with E-state index in [4.69, 9.17) is 4.74 Å². The van der Waals surface area contributed by atoms with Gasteiger partial charge in [-0.3, -0.25) is 9.59 Å². The Hall–Kier alpha value is -3.35. The summed E-state index contributed by atoms with van der Waals surface area (Å²) in [6.07, 6.45) is 1.48. The Kier molecular flexibility index (Phi) is 5.56. The number of aliphatic carboxylic acids is 1. The molecular formula is C26H28N2O5. The summed E-state index contributed by atoms with van der Waals surface area (Å²) in [4.78, 5) is 36.2. The lowest BCUT2D eigenvalue weighted by Gasteiger charge is -2.41. The van der Waals surface area contributed by atoms with Crippen LogP contribution in [0.15, 0.2) is 48.5 Å². The molecule has 0 radical (unpaired) electrons. The Balaban J connectivity index is 1.13. The average molecular weight is 449 g/mol. The van der Waals surface area contributed by atoms with Gasteiger partial charge in [0.15, 0.2) is 0 Å². The van der Waals surface area contributed by atoms with Crippen LogP contribution in [0.3, 0.4) is 0 Å². The lowest BCUT2D eigenvalue weighted by atomic mass is 9.71. The van der Waals surface area contributed by atoms with E-state index in [0.29, 0.717) is 18.8 Å². The van der Waals surface area contributed by atoms with E-state index in [1.165, 1.54) is 0 Å². The van der Waals surface area contributed by atoms with Crippen molar-refractivity contribution in [2.75, 3.05) is 6.61 Å². The van der Waals surface area contributed by atoms with Crippen LogP contribution < -0.4 is 10.6 Å². The maximum absolute atomic E-state index is 12.6. The van der Waals surface area contributed by atoms with Gasteiger partial charge in [-0.2, -0.15) is 0 Å². The molecule has 3 aliphatic carbocycles. The number of fused-ring (bicyclic) bond motifs is 4. The van der Waals surface area contributed by atoms with Crippen molar-refractivity contribution >= 4 is 18.0 Å². The number of alkyl carbamates (subject to hydrolysis) is 1. The largest absolute Gasteiger partial charge is 0.481 e. The lowest BCUT2D eigenvalue weighted by Crippen LogP contribution is -2.55. The lowest BCUT2D eigenvalue weighted by molar-refractivity contribution is -0.141. The number of ether oxygens (including phenoxy) is 1. The van der Waals surface area contributed by atoms with Gasteiger partial charge in [0.05, 0.1) is 5.92 Å². The van der Waals surface area contributed by atoms with Crippen LogP contribution in [0.25, 0.3) is 11.1 Å². The van der Waals surface area contributed by atoms with Crippen molar-refractivity contribution in [3.8, 4) is 11.1 Å². The normalized spacial score (nSPS) is 25.7. The SMILES string of the molecule is C[C@H](NC(=O)OCC1c2ccccc2-c2ccccc21)C(=O)NC1CC2CC(C(=O)O)CC21. The molecule has 5 rings (SSSR count). The zero-order chi connectivity index (χ0) is 23.1. The average Bonchev–Trinajstić information content (AvgIpc) is 3.31. The third-order valence-corrected chi connectivity index (χ3v) is 7.57. The van der Waals surface area contributed by atoms with Gasteiger partial charge in [-0.15, -0.1) is 0 Å². The molecule has 2 aromatic rings. The predicted molar refractivity (Wildman–Crippen MR) is 122 cm³/mol. The molecule has 0 aromatic heterocycles. The number of hydrogen-bond donors (Lipinski definition) is 3. The van der Waals surface area contributed by atoms with Crippen LogP contribution in [0.1, 0.15) is 43.2 Å². The summed E-state index contributed by atoms with van der Waals surface area (Å²) in [5.74, 6) is -0.772. The van der Waals surface area contributed by atoms with E-state index in [1.54, 1.807) is 6.92 Å². The monoisotopic (exact) mass is 448 g/mol. The molecule has 0 saturated heterocycles. The van der Waals surface area contributed by atoms with Crippen molar-refractivity contribution in [1.82, 2.24) is 10.6 Å². The van der Waals surface area contributed by atoms with Crippen LogP contribution in [0.2, 0.25) is 0 Å². The second kappa shape index (κ2) is 8.54. The Morgan fingerprint density at radius 1 is 1.00 bits per heavy atom. The predicted octanol–water partition coefficient (Wildman–Crippen LogP) is 3.53. The van der Waals surface area contributed by atoms with Crippen molar-refractivity contribution in [2.45, 2.75) is 44.2 Å². The smallest absolute Gasteiger partial charge is 0.407 e. The minimum Gasteiger partial charge on any atom is -0.481 e. The number of carboxylic acid groups (broad SMARTS) is 1. The first-order valence-electron chi connectivity index (χ1n) is 11.6. The van der Waals surface area contributed by atoms with E-state index in [2.05, 4.69) is 34.9 Å². The summed E-state index contributed by atoms with van der Waals surface area (Å²) in [5.41, 5.74) is 4.58. The topological polar surface area (TPSA) is 105 Å². The molecule has 4 unspecified atom stereocenters. The molecule has 2 saturated carbocycles. The molecule has 3 N–H and O–H groups in total. The molecule has 33 heavy (non-hydrogen) atoms. The molecule has 0 bridgehead atoms. The first kappa shape index (κ1) is 21.5. The minimum atomic E-state index is -0.750. The van der Waals surface area contributed by atoms with Crippen LogP contribution >= 0.6 is 0 Å². The molecule has 7 heteroatoms. The van der Waals surface area contributed by atoms with Gasteiger partial charge in [-0.05, 0) is 60.3 Å². The van der Waals surface area contributed by atoms with Gasteiger partial charge in [0.1, 0.15) is 12.6 Å². The van der Waals surface area contributed by atoms with Crippen molar-refractivity contribution in [2.24, 2.45) is 17.8 Å². The summed E-state index contributed by atoms with van der Waals surface area (Å²) in [7, 11) is 0. The molecule has 172 valence electrons. The molecule has 3 aliphatic rings. The van der Waals surface area contributed by atoms with E-state index < -0.39 is 18.1 Å². The highest BCUT2D eigenvalue weighted by atomic mass is 16.5. The first-order valence-corrected chi connectivity index (χ1v) is 11.6. The number of amides is 2. The third-order valence-electron chi connectivity index (χ3n) is 7.57. The van der Waals surface area contributed by atoms with Gasteiger partial charge in [0, 0.05) is 12.0 Å². The summed E-state index contributed by atoms with van der Waals surface area (Å²) in [6, 6.07) is 15.5. The fourth-order valence-corrected chi connectivity index (χ4v) is 5.78. The molecule has 0 aliphatic heterocycles. The number of nitrogens with one attached hydrogen (secondary N) is 2. The van der Waals surface area contributed by atoms with Crippen LogP contribution in [0.5, 0.6) is 0 Å². The van der Waals surface area contributed by atoms with Crippen molar-refractivity contribution < 1.29 is 24.2 Å². The van der Waals surface area contributed by atoms with Gasteiger partial charge in [0.25, 0.3) is 0 Å². The standard InChI is InChI=1S/C26H28N2O5/c1-14(24(29)28-23-12-15-10-16(25(30)31)11-21(15)23)27-26(32)33-13-22-19-8-4-2-6-17(19)18-7-3-5-9-20(18)22/h2-9,14-16,21-23H,10-13H2,1H3,(H,27,32)(H,28,29)(H,30,31)/t14-,15?,16?,21?,23?/m0/s1. The Bertz CT molecular complexity index is 1050. The second-order valence-electron chi connectivity index (χ2n) is 9.47. The number of hydrogen-bond acceptors (Lipinski definition) is 4. The van der Waals surface area contributed by atoms with Gasteiger partial charge in [0.2, 0.25) is 5.91 Å². The summed E-state index contributed by atoms with van der Waals surface area (Å²) in [5, 5.41) is 14.8. The van der Waals surface area contributed by atoms with Crippen LogP contribution in [0, 0.1) is 17.8 Å². The molecule has 2 amide bonds. The summed E-state index contributed by atoms with van der Waals surface area (Å²) < 4.78 is 5.52. The minimum absolute atomic E-state index is 0.0152. The number of benzene rings is 2. The van der Waals surface area contributed by atoms with Crippen LogP contribution in [-0.4, -0.2) is 41.8 Å². The van der Waals surface area contributed by atoms with Crippen molar-refractivity contribution in [3.63, 3.8) is 0 Å². The first-order chi connectivity index (χ1) is 15.9. The Morgan fingerprint density at radius 2 is 1.64 bits per heavy atom.